The summed E-state index contributed by atoms with van der Waals surface area (Å²) in [5.41, 5.74) is 1.45. The van der Waals surface area contributed by atoms with E-state index in [4.69, 9.17) is 11.6 Å². The summed E-state index contributed by atoms with van der Waals surface area (Å²) in [5, 5.41) is 3.56. The van der Waals surface area contributed by atoms with E-state index in [-0.39, 0.29) is 17.9 Å². The number of likely N-dealkylation sites (tertiary alicyclic amines) is 1. The van der Waals surface area contributed by atoms with Crippen LogP contribution in [0, 0.1) is 0 Å². The van der Waals surface area contributed by atoms with Crippen molar-refractivity contribution in [1.29, 1.82) is 0 Å². The van der Waals surface area contributed by atoms with Crippen LogP contribution in [0.25, 0.3) is 0 Å². The van der Waals surface area contributed by atoms with Gasteiger partial charge in [-0.3, -0.25) is 14.3 Å². The van der Waals surface area contributed by atoms with E-state index < -0.39 is 10.0 Å². The van der Waals surface area contributed by atoms with Crippen LogP contribution in [0.4, 0.5) is 5.69 Å². The van der Waals surface area contributed by atoms with Crippen molar-refractivity contribution in [2.75, 3.05) is 24.1 Å². The molecule has 1 heterocycles. The lowest BCUT2D eigenvalue weighted by atomic mass is 10.0. The number of hydrogen-bond donors (Lipinski definition) is 2. The van der Waals surface area contributed by atoms with Crippen LogP contribution in [0.3, 0.4) is 0 Å². The van der Waals surface area contributed by atoms with E-state index in [0.29, 0.717) is 47.8 Å². The predicted octanol–water partition coefficient (Wildman–Crippen LogP) is 2.75. The molecule has 0 unspecified atom stereocenters. The van der Waals surface area contributed by atoms with E-state index in [2.05, 4.69) is 10.0 Å². The van der Waals surface area contributed by atoms with Gasteiger partial charge < -0.3 is 10.2 Å². The van der Waals surface area contributed by atoms with E-state index >= 15 is 0 Å². The maximum atomic E-state index is 12.5. The first kappa shape index (κ1) is 21.1. The fraction of sp³-hybridized carbons (Fsp3) is 0.300. The molecule has 2 aromatic carbocycles. The monoisotopic (exact) mass is 435 g/mol. The Labute approximate surface area is 175 Å². The molecule has 7 nitrogen and oxygen atoms in total. The minimum absolute atomic E-state index is 0.0226. The molecule has 29 heavy (non-hydrogen) atoms. The first-order valence-corrected chi connectivity index (χ1v) is 11.4. The molecular weight excluding hydrogens is 414 g/mol. The molecule has 1 aliphatic heterocycles. The highest BCUT2D eigenvalue weighted by atomic mass is 35.5. The second-order valence-corrected chi connectivity index (χ2v) is 9.18. The summed E-state index contributed by atoms with van der Waals surface area (Å²) in [4.78, 5) is 26.7. The Balaban J connectivity index is 1.51. The van der Waals surface area contributed by atoms with Gasteiger partial charge in [0.25, 0.3) is 11.8 Å². The summed E-state index contributed by atoms with van der Waals surface area (Å²) < 4.78 is 24.8. The number of piperidine rings is 1. The lowest BCUT2D eigenvalue weighted by Gasteiger charge is -2.32. The number of halogens is 1. The van der Waals surface area contributed by atoms with E-state index in [1.54, 1.807) is 53.4 Å². The molecule has 1 fully saturated rings. The van der Waals surface area contributed by atoms with Crippen LogP contribution < -0.4 is 10.0 Å². The predicted molar refractivity (Wildman–Crippen MR) is 113 cm³/mol. The van der Waals surface area contributed by atoms with Crippen LogP contribution in [-0.4, -0.2) is 50.5 Å². The number of anilines is 1. The number of hydrogen-bond acceptors (Lipinski definition) is 4. The number of nitrogens with one attached hydrogen (secondary N) is 2. The Morgan fingerprint density at radius 3 is 2.07 bits per heavy atom. The zero-order valence-electron chi connectivity index (χ0n) is 15.9. The second-order valence-electron chi connectivity index (χ2n) is 7.00. The SMILES string of the molecule is CS(=O)(=O)Nc1ccc(C(=O)NC2CCN(C(=O)c3ccc(Cl)cc3)CC2)cc1. The maximum absolute atomic E-state index is 12.5. The number of carbonyl (C=O) groups excluding carboxylic acids is 2. The molecule has 0 aromatic heterocycles. The van der Waals surface area contributed by atoms with Crippen molar-refractivity contribution in [2.24, 2.45) is 0 Å². The topological polar surface area (TPSA) is 95.6 Å². The number of sulfonamides is 1. The lowest BCUT2D eigenvalue weighted by molar-refractivity contribution is 0.0698. The highest BCUT2D eigenvalue weighted by Crippen LogP contribution is 2.17. The van der Waals surface area contributed by atoms with E-state index in [9.17, 15) is 18.0 Å². The fourth-order valence-electron chi connectivity index (χ4n) is 3.17. The minimum Gasteiger partial charge on any atom is -0.349 e. The lowest BCUT2D eigenvalue weighted by Crippen LogP contribution is -2.46. The molecule has 0 bridgehead atoms. The van der Waals surface area contributed by atoms with Gasteiger partial charge in [-0.05, 0) is 61.4 Å². The van der Waals surface area contributed by atoms with Gasteiger partial charge in [0.15, 0.2) is 0 Å². The highest BCUT2D eigenvalue weighted by molar-refractivity contribution is 7.92. The first-order chi connectivity index (χ1) is 13.7. The normalized spacial score (nSPS) is 15.0. The molecule has 2 aromatic rings. The standard InChI is InChI=1S/C20H22ClN3O4S/c1-29(27,28)23-18-8-4-14(5-9-18)19(25)22-17-10-12-24(13-11-17)20(26)15-2-6-16(21)7-3-15/h2-9,17,23H,10-13H2,1H3,(H,22,25). The first-order valence-electron chi connectivity index (χ1n) is 9.15. The van der Waals surface area contributed by atoms with Crippen molar-refractivity contribution in [3.63, 3.8) is 0 Å². The third-order valence-electron chi connectivity index (χ3n) is 4.66. The van der Waals surface area contributed by atoms with Crippen molar-refractivity contribution < 1.29 is 18.0 Å². The molecule has 0 saturated carbocycles. The van der Waals surface area contributed by atoms with Crippen LogP contribution in [0.1, 0.15) is 33.6 Å². The van der Waals surface area contributed by atoms with Crippen molar-refractivity contribution in [1.82, 2.24) is 10.2 Å². The van der Waals surface area contributed by atoms with Crippen molar-refractivity contribution >= 4 is 39.1 Å². The number of nitrogens with zero attached hydrogens (tertiary/aromatic N) is 1. The molecule has 154 valence electrons. The second kappa shape index (κ2) is 8.84. The number of benzene rings is 2. The van der Waals surface area contributed by atoms with Crippen molar-refractivity contribution in [3.05, 3.63) is 64.7 Å². The Bertz CT molecular complexity index is 983. The smallest absolute Gasteiger partial charge is 0.253 e. The van der Waals surface area contributed by atoms with Crippen LogP contribution in [0.15, 0.2) is 48.5 Å². The van der Waals surface area contributed by atoms with Gasteiger partial charge in [0.05, 0.1) is 6.26 Å². The summed E-state index contributed by atoms with van der Waals surface area (Å²) in [5.74, 6) is -0.265. The zero-order chi connectivity index (χ0) is 21.0. The quantitative estimate of drug-likeness (QED) is 0.754. The van der Waals surface area contributed by atoms with Crippen molar-refractivity contribution in [3.8, 4) is 0 Å². The Morgan fingerprint density at radius 2 is 1.52 bits per heavy atom. The van der Waals surface area contributed by atoms with Crippen molar-refractivity contribution in [2.45, 2.75) is 18.9 Å². The van der Waals surface area contributed by atoms with E-state index in [1.165, 1.54) is 0 Å². The average molecular weight is 436 g/mol. The van der Waals surface area contributed by atoms with Gasteiger partial charge in [-0.2, -0.15) is 0 Å². The molecule has 1 aliphatic rings. The summed E-state index contributed by atoms with van der Waals surface area (Å²) in [7, 11) is -3.36. The number of amides is 2. The molecule has 1 saturated heterocycles. The van der Waals surface area contributed by atoms with Gasteiger partial charge >= 0.3 is 0 Å². The summed E-state index contributed by atoms with van der Waals surface area (Å²) in [6.45, 7) is 1.12. The molecule has 2 N–H and O–H groups in total. The summed E-state index contributed by atoms with van der Waals surface area (Å²) in [6, 6.07) is 13.0. The molecule has 0 atom stereocenters. The zero-order valence-corrected chi connectivity index (χ0v) is 17.5. The Kier molecular flexibility index (Phi) is 6.44. The Hall–Kier alpha value is -2.58. The van der Waals surface area contributed by atoms with E-state index in [1.807, 2.05) is 0 Å². The van der Waals surface area contributed by atoms with Gasteiger partial charge in [-0.25, -0.2) is 8.42 Å². The number of carbonyl (C=O) groups is 2. The van der Waals surface area contributed by atoms with Gasteiger partial charge in [-0.1, -0.05) is 11.6 Å². The molecule has 0 aliphatic carbocycles. The number of rotatable bonds is 5. The van der Waals surface area contributed by atoms with Crippen LogP contribution in [-0.2, 0) is 10.0 Å². The van der Waals surface area contributed by atoms with E-state index in [0.717, 1.165) is 6.26 Å². The third-order valence-corrected chi connectivity index (χ3v) is 5.52. The molecule has 2 amide bonds. The van der Waals surface area contributed by atoms with Gasteiger partial charge in [0.2, 0.25) is 10.0 Å². The maximum Gasteiger partial charge on any atom is 0.253 e. The van der Waals surface area contributed by atoms with Crippen LogP contribution in [0.2, 0.25) is 5.02 Å². The van der Waals surface area contributed by atoms with Gasteiger partial charge in [0, 0.05) is 41.0 Å². The summed E-state index contributed by atoms with van der Waals surface area (Å²) >= 11 is 5.86. The summed E-state index contributed by atoms with van der Waals surface area (Å²) in [6.07, 6.45) is 2.40. The van der Waals surface area contributed by atoms with Gasteiger partial charge in [0.1, 0.15) is 0 Å². The van der Waals surface area contributed by atoms with Gasteiger partial charge in [-0.15, -0.1) is 0 Å². The molecule has 0 radical (unpaired) electrons. The molecule has 9 heteroatoms. The molecule has 0 spiro atoms. The molecule has 3 rings (SSSR count). The Morgan fingerprint density at radius 1 is 0.966 bits per heavy atom. The molecular formula is C20H22ClN3O4S. The van der Waals surface area contributed by atoms with Crippen LogP contribution >= 0.6 is 11.6 Å². The highest BCUT2D eigenvalue weighted by Gasteiger charge is 2.25. The largest absolute Gasteiger partial charge is 0.349 e. The van der Waals surface area contributed by atoms with Crippen LogP contribution in [0.5, 0.6) is 0 Å². The average Bonchev–Trinajstić information content (AvgIpc) is 2.68. The third kappa shape index (κ3) is 5.95. The fourth-order valence-corrected chi connectivity index (χ4v) is 3.86. The minimum atomic E-state index is -3.36.